The summed E-state index contributed by atoms with van der Waals surface area (Å²) in [4.78, 5) is 17.2. The number of nitrogens with one attached hydrogen (secondary N) is 1. The summed E-state index contributed by atoms with van der Waals surface area (Å²) in [5.74, 6) is -0.673. The molecule has 252 valence electrons. The molecular formula is C38H40Cl3N3O4. The summed E-state index contributed by atoms with van der Waals surface area (Å²) >= 11 is 17.2. The van der Waals surface area contributed by atoms with Crippen molar-refractivity contribution in [1.82, 2.24) is 15.1 Å². The van der Waals surface area contributed by atoms with Crippen LogP contribution >= 0.6 is 34.8 Å². The van der Waals surface area contributed by atoms with Crippen LogP contribution in [0.2, 0.25) is 0 Å². The summed E-state index contributed by atoms with van der Waals surface area (Å²) in [6.45, 7) is 6.05. The van der Waals surface area contributed by atoms with Gasteiger partial charge in [0.1, 0.15) is 0 Å². The molecule has 0 aromatic heterocycles. The summed E-state index contributed by atoms with van der Waals surface area (Å²) in [6.07, 6.45) is 0.0278. The highest BCUT2D eigenvalue weighted by Gasteiger charge is 2.34. The highest BCUT2D eigenvalue weighted by molar-refractivity contribution is 6.76. The summed E-state index contributed by atoms with van der Waals surface area (Å²) in [5.41, 5.74) is 7.05. The third-order valence-corrected chi connectivity index (χ3v) is 9.51. The number of hydrogen-bond acceptors (Lipinski definition) is 6. The first-order valence-corrected chi connectivity index (χ1v) is 17.4. The van der Waals surface area contributed by atoms with Crippen LogP contribution in [0.15, 0.2) is 103 Å². The maximum Gasteiger partial charge on any atom is 0.272 e. The Morgan fingerprint density at radius 2 is 1.42 bits per heavy atom. The maximum absolute atomic E-state index is 12.1. The number of carbonyl (C=O) groups is 1. The van der Waals surface area contributed by atoms with Crippen LogP contribution in [0.4, 0.5) is 0 Å². The molecule has 4 aromatic carbocycles. The monoisotopic (exact) mass is 707 g/mol. The van der Waals surface area contributed by atoms with Gasteiger partial charge in [-0.05, 0) is 33.4 Å². The molecule has 7 nitrogen and oxygen atoms in total. The zero-order valence-corrected chi connectivity index (χ0v) is 28.9. The average molecular weight is 709 g/mol. The van der Waals surface area contributed by atoms with Gasteiger partial charge in [-0.25, -0.2) is 0 Å². The summed E-state index contributed by atoms with van der Waals surface area (Å²) in [7, 11) is 0. The number of piperazine rings is 1. The van der Waals surface area contributed by atoms with Gasteiger partial charge in [0, 0.05) is 57.8 Å². The summed E-state index contributed by atoms with van der Waals surface area (Å²) < 4.78 is 11.2. The fourth-order valence-electron chi connectivity index (χ4n) is 6.34. The minimum Gasteiger partial charge on any atom is -0.392 e. The van der Waals surface area contributed by atoms with Gasteiger partial charge in [-0.2, -0.15) is 0 Å². The summed E-state index contributed by atoms with van der Waals surface area (Å²) in [5, 5.41) is 12.3. The van der Waals surface area contributed by atoms with Crippen LogP contribution in [0.5, 0.6) is 0 Å². The lowest BCUT2D eigenvalue weighted by molar-refractivity contribution is -0.253. The fourth-order valence-corrected chi connectivity index (χ4v) is 6.54. The molecule has 1 amide bonds. The number of carbonyl (C=O) groups excluding carboxylic acids is 1. The molecule has 10 heteroatoms. The van der Waals surface area contributed by atoms with Crippen molar-refractivity contribution in [1.29, 1.82) is 0 Å². The molecule has 0 bridgehead atoms. The zero-order valence-electron chi connectivity index (χ0n) is 26.6. The van der Waals surface area contributed by atoms with Gasteiger partial charge < -0.3 is 19.9 Å². The van der Waals surface area contributed by atoms with E-state index in [0.29, 0.717) is 0 Å². The second kappa shape index (κ2) is 16.2. The van der Waals surface area contributed by atoms with E-state index in [9.17, 15) is 9.90 Å². The number of nitrogens with zero attached hydrogens (tertiary/aromatic N) is 2. The normalized spacial score (nSPS) is 20.8. The first-order valence-electron chi connectivity index (χ1n) is 16.3. The molecule has 3 atom stereocenters. The topological polar surface area (TPSA) is 74.3 Å². The van der Waals surface area contributed by atoms with Crippen LogP contribution in [-0.4, -0.2) is 63.4 Å². The quantitative estimate of drug-likeness (QED) is 0.170. The number of ether oxygens (including phenoxy) is 2. The molecule has 2 saturated heterocycles. The van der Waals surface area contributed by atoms with E-state index in [1.807, 2.05) is 72.8 Å². The smallest absolute Gasteiger partial charge is 0.272 e. The standard InChI is InChI=1S/C38H40Cl3N3O4/c39-38(40,41)37(46)42-23-32-8-4-5-9-34(32)29-14-16-31(17-15-29)36-47-33(22-35(48-36)30-12-10-28(26-45)11-13-30)25-44-20-18-43(19-21-44)24-27-6-2-1-3-7-27/h1-17,33,35-36,45H,18-26H2,(H,42,46)/t33-,35+,36+/m0/s1. The van der Waals surface area contributed by atoms with E-state index in [2.05, 4.69) is 45.4 Å². The minimum absolute atomic E-state index is 0.00513. The van der Waals surface area contributed by atoms with Crippen molar-refractivity contribution in [2.75, 3.05) is 32.7 Å². The van der Waals surface area contributed by atoms with Crippen molar-refractivity contribution < 1.29 is 19.4 Å². The van der Waals surface area contributed by atoms with E-state index in [0.717, 1.165) is 79.1 Å². The number of aliphatic hydroxyl groups is 1. The molecule has 0 unspecified atom stereocenters. The van der Waals surface area contributed by atoms with Crippen LogP contribution in [0.25, 0.3) is 11.1 Å². The van der Waals surface area contributed by atoms with Gasteiger partial charge in [0.15, 0.2) is 6.29 Å². The van der Waals surface area contributed by atoms with Gasteiger partial charge in [-0.15, -0.1) is 0 Å². The predicted octanol–water partition coefficient (Wildman–Crippen LogP) is 7.20. The number of halogens is 3. The highest BCUT2D eigenvalue weighted by Crippen LogP contribution is 2.39. The van der Waals surface area contributed by atoms with Gasteiger partial charge in [0.05, 0.1) is 18.8 Å². The van der Waals surface area contributed by atoms with Crippen LogP contribution < -0.4 is 5.32 Å². The molecule has 0 aliphatic carbocycles. The molecule has 4 aromatic rings. The Morgan fingerprint density at radius 1 is 0.771 bits per heavy atom. The van der Waals surface area contributed by atoms with Gasteiger partial charge in [0.25, 0.3) is 9.70 Å². The molecule has 2 aliphatic rings. The lowest BCUT2D eigenvalue weighted by atomic mass is 9.97. The van der Waals surface area contributed by atoms with E-state index in [1.54, 1.807) is 0 Å². The largest absolute Gasteiger partial charge is 0.392 e. The Balaban J connectivity index is 1.15. The van der Waals surface area contributed by atoms with E-state index in [4.69, 9.17) is 44.3 Å². The van der Waals surface area contributed by atoms with Crippen LogP contribution in [0.3, 0.4) is 0 Å². The number of rotatable bonds is 10. The maximum atomic E-state index is 12.1. The number of hydrogen-bond donors (Lipinski definition) is 2. The van der Waals surface area contributed by atoms with Gasteiger partial charge in [-0.3, -0.25) is 14.6 Å². The Hall–Kier alpha value is -2.98. The molecule has 2 N–H and O–H groups in total. The van der Waals surface area contributed by atoms with E-state index >= 15 is 0 Å². The Labute approximate surface area is 297 Å². The average Bonchev–Trinajstić information content (AvgIpc) is 3.11. The predicted molar refractivity (Wildman–Crippen MR) is 191 cm³/mol. The molecule has 2 heterocycles. The highest BCUT2D eigenvalue weighted by atomic mass is 35.6. The van der Waals surface area contributed by atoms with Crippen LogP contribution in [-0.2, 0) is 34.0 Å². The molecule has 2 aliphatic heterocycles. The van der Waals surface area contributed by atoms with Crippen molar-refractivity contribution in [3.63, 3.8) is 0 Å². The van der Waals surface area contributed by atoms with Crippen LogP contribution in [0.1, 0.15) is 46.6 Å². The third-order valence-electron chi connectivity index (χ3n) is 9.00. The Bertz CT molecular complexity index is 1630. The Morgan fingerprint density at radius 3 is 2.10 bits per heavy atom. The molecule has 48 heavy (non-hydrogen) atoms. The van der Waals surface area contributed by atoms with Crippen molar-refractivity contribution in [2.24, 2.45) is 0 Å². The molecule has 0 spiro atoms. The number of aliphatic hydroxyl groups excluding tert-OH is 1. The van der Waals surface area contributed by atoms with Crippen LogP contribution in [0, 0.1) is 0 Å². The second-order valence-corrected chi connectivity index (χ2v) is 14.7. The van der Waals surface area contributed by atoms with E-state index in [1.165, 1.54) is 5.56 Å². The SMILES string of the molecule is O=C(NCc1ccccc1-c1ccc([C@@H]2O[C@H](CN3CCN(Cc4ccccc4)CC3)C[C@H](c3ccc(CO)cc3)O2)cc1)C(Cl)(Cl)Cl. The number of benzene rings is 4. The molecule has 0 saturated carbocycles. The van der Waals surface area contributed by atoms with Gasteiger partial charge >= 0.3 is 0 Å². The minimum atomic E-state index is -2.02. The lowest BCUT2D eigenvalue weighted by Gasteiger charge is -2.40. The number of amides is 1. The van der Waals surface area contributed by atoms with Crippen molar-refractivity contribution in [2.45, 2.75) is 48.4 Å². The Kier molecular flexibility index (Phi) is 11.7. The molecule has 0 radical (unpaired) electrons. The van der Waals surface area contributed by atoms with E-state index in [-0.39, 0.29) is 25.4 Å². The van der Waals surface area contributed by atoms with Gasteiger partial charge in [0.2, 0.25) is 0 Å². The first-order chi connectivity index (χ1) is 23.2. The van der Waals surface area contributed by atoms with E-state index < -0.39 is 16.0 Å². The van der Waals surface area contributed by atoms with Crippen molar-refractivity contribution in [3.8, 4) is 11.1 Å². The third kappa shape index (κ3) is 9.17. The molecule has 6 rings (SSSR count). The second-order valence-electron chi connectivity index (χ2n) is 12.4. The number of alkyl halides is 3. The lowest BCUT2D eigenvalue weighted by Crippen LogP contribution is -2.49. The van der Waals surface area contributed by atoms with Crippen molar-refractivity contribution in [3.05, 3.63) is 131 Å². The summed E-state index contributed by atoms with van der Waals surface area (Å²) in [6, 6.07) is 34.6. The fraction of sp³-hybridized carbons (Fsp3) is 0.342. The van der Waals surface area contributed by atoms with Crippen molar-refractivity contribution >= 4 is 40.7 Å². The zero-order chi connectivity index (χ0) is 33.5. The van der Waals surface area contributed by atoms with Gasteiger partial charge in [-0.1, -0.05) is 138 Å². The molecule has 2 fully saturated rings. The first kappa shape index (κ1) is 34.9. The molecular weight excluding hydrogens is 669 g/mol.